The molecule has 2 aromatic rings. The summed E-state index contributed by atoms with van der Waals surface area (Å²) in [4.78, 5) is 32.6. The van der Waals surface area contributed by atoms with E-state index in [4.69, 9.17) is 11.5 Å². The van der Waals surface area contributed by atoms with E-state index in [9.17, 15) is 9.59 Å². The van der Waals surface area contributed by atoms with Crippen LogP contribution in [0.15, 0.2) is 24.3 Å². The Balaban J connectivity index is 1.95. The molecule has 2 amide bonds. The predicted molar refractivity (Wildman–Crippen MR) is 77.0 cm³/mol. The number of anilines is 4. The molecule has 106 valence electrons. The van der Waals surface area contributed by atoms with Crippen molar-refractivity contribution in [2.75, 3.05) is 23.8 Å². The molecule has 8 nitrogen and oxygen atoms in total. The largest absolute Gasteiger partial charge is 0.383 e. The lowest BCUT2D eigenvalue weighted by Gasteiger charge is -2.07. The molecule has 8 heteroatoms. The van der Waals surface area contributed by atoms with Crippen LogP contribution in [0.25, 0.3) is 0 Å². The molecule has 3 rings (SSSR count). The van der Waals surface area contributed by atoms with Crippen LogP contribution in [0, 0.1) is 0 Å². The van der Waals surface area contributed by atoms with Gasteiger partial charge in [0.2, 0.25) is 5.95 Å². The summed E-state index contributed by atoms with van der Waals surface area (Å²) in [5.41, 5.74) is 12.4. The first kappa shape index (κ1) is 12.9. The van der Waals surface area contributed by atoms with Crippen LogP contribution >= 0.6 is 0 Å². The number of nitrogens with two attached hydrogens (primary N) is 2. The molecule has 0 aliphatic carbocycles. The Morgan fingerprint density at radius 3 is 2.48 bits per heavy atom. The van der Waals surface area contributed by atoms with E-state index in [1.165, 1.54) is 13.1 Å². The van der Waals surface area contributed by atoms with Crippen LogP contribution in [0.2, 0.25) is 0 Å². The molecule has 1 aliphatic heterocycles. The van der Waals surface area contributed by atoms with Crippen molar-refractivity contribution in [3.63, 3.8) is 0 Å². The number of nitrogens with one attached hydrogen (secondary N) is 1. The van der Waals surface area contributed by atoms with Crippen molar-refractivity contribution in [1.29, 1.82) is 0 Å². The van der Waals surface area contributed by atoms with Gasteiger partial charge in [0.1, 0.15) is 11.6 Å². The van der Waals surface area contributed by atoms with E-state index in [1.54, 1.807) is 18.2 Å². The van der Waals surface area contributed by atoms with Crippen molar-refractivity contribution in [3.05, 3.63) is 35.4 Å². The molecule has 0 fully saturated rings. The number of imide groups is 1. The molecule has 0 bridgehead atoms. The normalized spacial score (nSPS) is 13.5. The highest BCUT2D eigenvalue weighted by Crippen LogP contribution is 2.26. The van der Waals surface area contributed by atoms with Gasteiger partial charge in [0.05, 0.1) is 11.1 Å². The zero-order chi connectivity index (χ0) is 15.1. The van der Waals surface area contributed by atoms with Crippen molar-refractivity contribution in [2.45, 2.75) is 0 Å². The predicted octanol–water partition coefficient (Wildman–Crippen LogP) is 0.610. The summed E-state index contributed by atoms with van der Waals surface area (Å²) in [5.74, 6) is 0.0457. The summed E-state index contributed by atoms with van der Waals surface area (Å²) < 4.78 is 0. The van der Waals surface area contributed by atoms with Crippen molar-refractivity contribution >= 4 is 35.1 Å². The third kappa shape index (κ3) is 2.12. The van der Waals surface area contributed by atoms with Gasteiger partial charge in [-0.25, -0.2) is 0 Å². The zero-order valence-corrected chi connectivity index (χ0v) is 11.1. The van der Waals surface area contributed by atoms with E-state index in [0.717, 1.165) is 4.90 Å². The number of carbonyl (C=O) groups excluding carboxylic acids is 2. The third-order valence-electron chi connectivity index (χ3n) is 3.13. The molecule has 0 unspecified atom stereocenters. The number of nitrogens with zero attached hydrogens (tertiary/aromatic N) is 3. The number of fused-ring (bicyclic) bond motifs is 1. The number of hydrogen-bond acceptors (Lipinski definition) is 7. The average molecular weight is 284 g/mol. The minimum atomic E-state index is -0.333. The maximum absolute atomic E-state index is 11.9. The SMILES string of the molecule is CN1C(=O)c2ccc(Nc3cc(N)nc(N)n3)cc2C1=O. The van der Waals surface area contributed by atoms with Gasteiger partial charge in [0, 0.05) is 18.8 Å². The highest BCUT2D eigenvalue weighted by Gasteiger charge is 2.32. The Hall–Kier alpha value is -3.16. The van der Waals surface area contributed by atoms with E-state index in [0.29, 0.717) is 22.6 Å². The molecule has 1 aromatic carbocycles. The van der Waals surface area contributed by atoms with E-state index in [-0.39, 0.29) is 23.6 Å². The van der Waals surface area contributed by atoms with Crippen LogP contribution in [0.5, 0.6) is 0 Å². The first-order valence-corrected chi connectivity index (χ1v) is 6.09. The van der Waals surface area contributed by atoms with E-state index < -0.39 is 0 Å². The average Bonchev–Trinajstić information content (AvgIpc) is 2.63. The number of hydrogen-bond donors (Lipinski definition) is 3. The minimum Gasteiger partial charge on any atom is -0.383 e. The molecular formula is C13H12N6O2. The van der Waals surface area contributed by atoms with Gasteiger partial charge in [0.15, 0.2) is 0 Å². The van der Waals surface area contributed by atoms with Crippen molar-refractivity contribution in [3.8, 4) is 0 Å². The lowest BCUT2D eigenvalue weighted by Crippen LogP contribution is -2.24. The summed E-state index contributed by atoms with van der Waals surface area (Å²) in [5, 5.41) is 2.97. The quantitative estimate of drug-likeness (QED) is 0.689. The van der Waals surface area contributed by atoms with Gasteiger partial charge < -0.3 is 16.8 Å². The van der Waals surface area contributed by atoms with Crippen molar-refractivity contribution < 1.29 is 9.59 Å². The van der Waals surface area contributed by atoms with Crippen molar-refractivity contribution in [2.24, 2.45) is 0 Å². The Morgan fingerprint density at radius 1 is 1.05 bits per heavy atom. The summed E-state index contributed by atoms with van der Waals surface area (Å²) in [7, 11) is 1.45. The standard InChI is InChI=1S/C13H12N6O2/c1-19-11(20)7-3-2-6(4-8(7)12(19)21)16-10-5-9(14)17-13(15)18-10/h2-5H,1H3,(H5,14,15,16,17,18). The topological polar surface area (TPSA) is 127 Å². The van der Waals surface area contributed by atoms with Gasteiger partial charge in [0.25, 0.3) is 11.8 Å². The van der Waals surface area contributed by atoms with E-state index in [2.05, 4.69) is 15.3 Å². The Morgan fingerprint density at radius 2 is 1.76 bits per heavy atom. The van der Waals surface area contributed by atoms with Gasteiger partial charge in [-0.2, -0.15) is 9.97 Å². The summed E-state index contributed by atoms with van der Waals surface area (Å²) in [6.45, 7) is 0. The number of benzene rings is 1. The minimum absolute atomic E-state index is 0.0460. The number of amides is 2. The fraction of sp³-hybridized carbons (Fsp3) is 0.0769. The number of carbonyl (C=O) groups is 2. The van der Waals surface area contributed by atoms with Gasteiger partial charge in [-0.05, 0) is 18.2 Å². The molecule has 1 aromatic heterocycles. The summed E-state index contributed by atoms with van der Waals surface area (Å²) in [6, 6.07) is 6.38. The maximum atomic E-state index is 11.9. The van der Waals surface area contributed by atoms with Crippen LogP contribution in [0.3, 0.4) is 0 Å². The van der Waals surface area contributed by atoms with Crippen LogP contribution in [0.4, 0.5) is 23.3 Å². The van der Waals surface area contributed by atoms with E-state index in [1.807, 2.05) is 0 Å². The fourth-order valence-corrected chi connectivity index (χ4v) is 2.14. The molecule has 0 spiro atoms. The molecular weight excluding hydrogens is 272 g/mol. The van der Waals surface area contributed by atoms with Gasteiger partial charge in [-0.1, -0.05) is 0 Å². The number of aromatic nitrogens is 2. The first-order chi connectivity index (χ1) is 9.95. The van der Waals surface area contributed by atoms with Crippen LogP contribution in [-0.2, 0) is 0 Å². The summed E-state index contributed by atoms with van der Waals surface area (Å²) in [6.07, 6.45) is 0. The lowest BCUT2D eigenvalue weighted by molar-refractivity contribution is 0.0693. The van der Waals surface area contributed by atoms with Gasteiger partial charge in [-0.15, -0.1) is 0 Å². The lowest BCUT2D eigenvalue weighted by atomic mass is 10.1. The fourth-order valence-electron chi connectivity index (χ4n) is 2.14. The monoisotopic (exact) mass is 284 g/mol. The van der Waals surface area contributed by atoms with E-state index >= 15 is 0 Å². The molecule has 0 saturated heterocycles. The Labute approximate surface area is 119 Å². The zero-order valence-electron chi connectivity index (χ0n) is 11.1. The molecule has 0 saturated carbocycles. The highest BCUT2D eigenvalue weighted by molar-refractivity contribution is 6.21. The molecule has 0 atom stereocenters. The van der Waals surface area contributed by atoms with Crippen molar-refractivity contribution in [1.82, 2.24) is 14.9 Å². The maximum Gasteiger partial charge on any atom is 0.261 e. The summed E-state index contributed by atoms with van der Waals surface area (Å²) >= 11 is 0. The second kappa shape index (κ2) is 4.44. The van der Waals surface area contributed by atoms with Gasteiger partial charge >= 0.3 is 0 Å². The molecule has 0 radical (unpaired) electrons. The molecule has 2 heterocycles. The first-order valence-electron chi connectivity index (χ1n) is 6.09. The van der Waals surface area contributed by atoms with Crippen LogP contribution < -0.4 is 16.8 Å². The number of rotatable bonds is 2. The second-order valence-electron chi connectivity index (χ2n) is 4.59. The highest BCUT2D eigenvalue weighted by atomic mass is 16.2. The second-order valence-corrected chi connectivity index (χ2v) is 4.59. The smallest absolute Gasteiger partial charge is 0.261 e. The Bertz CT molecular complexity index is 753. The molecule has 21 heavy (non-hydrogen) atoms. The third-order valence-corrected chi connectivity index (χ3v) is 3.13. The van der Waals surface area contributed by atoms with Gasteiger partial charge in [-0.3, -0.25) is 14.5 Å². The molecule has 1 aliphatic rings. The molecule has 5 N–H and O–H groups in total. The number of nitrogen functional groups attached to an aromatic ring is 2. The van der Waals surface area contributed by atoms with Crippen LogP contribution in [0.1, 0.15) is 20.7 Å². The Kier molecular flexibility index (Phi) is 2.72. The van der Waals surface area contributed by atoms with Crippen LogP contribution in [-0.4, -0.2) is 33.7 Å².